The lowest BCUT2D eigenvalue weighted by atomic mass is 10.0. The van der Waals surface area contributed by atoms with Crippen LogP contribution in [0.1, 0.15) is 11.1 Å². The topological polar surface area (TPSA) is 43.3 Å². The van der Waals surface area contributed by atoms with Crippen molar-refractivity contribution >= 4 is 34.1 Å². The van der Waals surface area contributed by atoms with E-state index in [1.807, 2.05) is 60.8 Å². The highest BCUT2D eigenvalue weighted by atomic mass is 19.1. The Morgan fingerprint density at radius 1 is 0.967 bits per heavy atom. The molecular formula is C25H19FN2O2. The molecule has 1 aromatic heterocycles. The molecule has 4 aromatic rings. The van der Waals surface area contributed by atoms with Crippen LogP contribution in [0.3, 0.4) is 0 Å². The number of carbonyl (C=O) groups excluding carboxylic acids is 1. The Morgan fingerprint density at radius 2 is 1.73 bits per heavy atom. The number of halogens is 1. The Bertz CT molecular complexity index is 1290. The van der Waals surface area contributed by atoms with E-state index < -0.39 is 0 Å². The van der Waals surface area contributed by atoms with Crippen LogP contribution in [0.25, 0.3) is 22.6 Å². The molecule has 0 saturated carbocycles. The van der Waals surface area contributed by atoms with Crippen molar-refractivity contribution in [2.24, 2.45) is 0 Å². The molecule has 148 valence electrons. The Morgan fingerprint density at radius 3 is 2.63 bits per heavy atom. The van der Waals surface area contributed by atoms with Crippen molar-refractivity contribution in [3.05, 3.63) is 95.9 Å². The van der Waals surface area contributed by atoms with Crippen LogP contribution >= 0.6 is 0 Å². The zero-order chi connectivity index (χ0) is 20.5. The summed E-state index contributed by atoms with van der Waals surface area (Å²) in [5, 5.41) is 3.96. The molecule has 2 heterocycles. The zero-order valence-corrected chi connectivity index (χ0v) is 16.1. The number of anilines is 1. The minimum absolute atomic E-state index is 0.101. The number of ether oxygens (including phenoxy) is 1. The Hall–Kier alpha value is -3.86. The number of hydrogen-bond acceptors (Lipinski definition) is 2. The number of fused-ring (bicyclic) bond motifs is 2. The lowest BCUT2D eigenvalue weighted by molar-refractivity contribution is -0.110. The molecule has 0 spiro atoms. The van der Waals surface area contributed by atoms with Gasteiger partial charge in [-0.1, -0.05) is 48.5 Å². The van der Waals surface area contributed by atoms with Crippen LogP contribution in [0.5, 0.6) is 5.75 Å². The van der Waals surface area contributed by atoms with Gasteiger partial charge in [0.1, 0.15) is 6.61 Å². The fraction of sp³-hybridized carbons (Fsp3) is 0.0800. The lowest BCUT2D eigenvalue weighted by Gasteiger charge is -2.08. The third kappa shape index (κ3) is 3.24. The van der Waals surface area contributed by atoms with E-state index in [0.717, 1.165) is 27.7 Å². The first kappa shape index (κ1) is 18.2. The van der Waals surface area contributed by atoms with Gasteiger partial charge in [0.05, 0.1) is 6.54 Å². The zero-order valence-electron chi connectivity index (χ0n) is 16.1. The highest BCUT2D eigenvalue weighted by Gasteiger charge is 2.23. The van der Waals surface area contributed by atoms with Gasteiger partial charge in [0.2, 0.25) is 0 Å². The maximum atomic E-state index is 13.8. The van der Waals surface area contributed by atoms with Gasteiger partial charge < -0.3 is 14.6 Å². The summed E-state index contributed by atoms with van der Waals surface area (Å²) in [5.74, 6) is -0.224. The van der Waals surface area contributed by atoms with Gasteiger partial charge in [-0.3, -0.25) is 4.79 Å². The maximum absolute atomic E-state index is 13.8. The molecule has 4 nitrogen and oxygen atoms in total. The van der Waals surface area contributed by atoms with Crippen molar-refractivity contribution in [1.82, 2.24) is 4.57 Å². The number of rotatable bonds is 5. The summed E-state index contributed by atoms with van der Waals surface area (Å²) in [6, 6.07) is 22.1. The van der Waals surface area contributed by atoms with Gasteiger partial charge in [-0.15, -0.1) is 0 Å². The van der Waals surface area contributed by atoms with E-state index in [2.05, 4.69) is 9.88 Å². The van der Waals surface area contributed by atoms with Gasteiger partial charge >= 0.3 is 0 Å². The number of carbonyl (C=O) groups is 1. The highest BCUT2D eigenvalue weighted by molar-refractivity contribution is 6.35. The second-order valence-electron chi connectivity index (χ2n) is 7.13. The number of hydrogen-bond donors (Lipinski definition) is 1. The van der Waals surface area contributed by atoms with Gasteiger partial charge in [-0.05, 0) is 30.3 Å². The summed E-state index contributed by atoms with van der Waals surface area (Å²) in [6.07, 6.45) is 3.94. The minimum Gasteiger partial charge on any atom is -0.489 e. The number of aromatic nitrogens is 1. The van der Waals surface area contributed by atoms with Gasteiger partial charge in [-0.2, -0.15) is 0 Å². The van der Waals surface area contributed by atoms with Crippen molar-refractivity contribution in [3.63, 3.8) is 0 Å². The van der Waals surface area contributed by atoms with E-state index in [4.69, 9.17) is 4.74 Å². The van der Waals surface area contributed by atoms with Gasteiger partial charge in [0.15, 0.2) is 11.6 Å². The Kier molecular flexibility index (Phi) is 4.56. The molecule has 0 bridgehead atoms. The van der Waals surface area contributed by atoms with Crippen molar-refractivity contribution in [3.8, 4) is 5.75 Å². The van der Waals surface area contributed by atoms with Gasteiger partial charge in [-0.25, -0.2) is 4.39 Å². The maximum Gasteiger partial charge on any atom is 0.256 e. The summed E-state index contributed by atoms with van der Waals surface area (Å²) in [4.78, 5) is 12.5. The van der Waals surface area contributed by atoms with E-state index in [0.29, 0.717) is 18.7 Å². The van der Waals surface area contributed by atoms with Crippen molar-refractivity contribution < 1.29 is 13.9 Å². The van der Waals surface area contributed by atoms with E-state index in [-0.39, 0.29) is 17.5 Å². The first-order chi connectivity index (χ1) is 14.7. The van der Waals surface area contributed by atoms with Crippen LogP contribution < -0.4 is 10.1 Å². The van der Waals surface area contributed by atoms with E-state index >= 15 is 0 Å². The quantitative estimate of drug-likeness (QED) is 0.461. The fourth-order valence-corrected chi connectivity index (χ4v) is 3.83. The van der Waals surface area contributed by atoms with Crippen LogP contribution in [0.15, 0.2) is 79.0 Å². The van der Waals surface area contributed by atoms with Crippen LogP contribution in [0, 0.1) is 5.82 Å². The normalized spacial score (nSPS) is 14.2. The highest BCUT2D eigenvalue weighted by Crippen LogP contribution is 2.34. The molecule has 3 aromatic carbocycles. The Labute approximate surface area is 173 Å². The van der Waals surface area contributed by atoms with Crippen molar-refractivity contribution in [1.29, 1.82) is 0 Å². The largest absolute Gasteiger partial charge is 0.489 e. The number of nitrogens with one attached hydrogen (secondary N) is 1. The molecule has 0 aliphatic carbocycles. The first-order valence-electron chi connectivity index (χ1n) is 9.78. The van der Waals surface area contributed by atoms with Crippen LogP contribution in [0.4, 0.5) is 10.1 Å². The van der Waals surface area contributed by atoms with E-state index in [1.54, 1.807) is 18.2 Å². The molecule has 1 aliphatic rings. The third-order valence-electron chi connectivity index (χ3n) is 5.26. The molecular weight excluding hydrogens is 379 g/mol. The summed E-state index contributed by atoms with van der Waals surface area (Å²) >= 11 is 0. The summed E-state index contributed by atoms with van der Waals surface area (Å²) in [5.41, 5.74) is 4.38. The molecule has 1 amide bonds. The number of para-hydroxylation sites is 3. The SMILES string of the molecule is O=C1Nc2ccccc2C1=Cc1cn(CCOc2ccccc2F)c2ccccc12. The minimum atomic E-state index is -0.369. The molecule has 0 fully saturated rings. The second-order valence-corrected chi connectivity index (χ2v) is 7.13. The average molecular weight is 398 g/mol. The molecule has 0 saturated heterocycles. The molecule has 5 rings (SSSR count). The van der Waals surface area contributed by atoms with Gasteiger partial charge in [0, 0.05) is 39.5 Å². The Balaban J connectivity index is 1.46. The average Bonchev–Trinajstić information content (AvgIpc) is 3.27. The standard InChI is InChI=1S/C25H19FN2O2/c26-21-9-3-6-12-24(21)30-14-13-28-16-17(18-7-2-5-11-23(18)28)15-20-19-8-1-4-10-22(19)27-25(20)29/h1-12,15-16H,13-14H2,(H,27,29). The smallest absolute Gasteiger partial charge is 0.256 e. The predicted octanol–water partition coefficient (Wildman–Crippen LogP) is 5.35. The van der Waals surface area contributed by atoms with Crippen LogP contribution in [-0.2, 0) is 11.3 Å². The number of benzene rings is 3. The molecule has 1 aliphatic heterocycles. The second kappa shape index (κ2) is 7.52. The molecule has 30 heavy (non-hydrogen) atoms. The van der Waals surface area contributed by atoms with E-state index in [9.17, 15) is 9.18 Å². The third-order valence-corrected chi connectivity index (χ3v) is 5.26. The molecule has 0 unspecified atom stereocenters. The summed E-state index contributed by atoms with van der Waals surface area (Å²) < 4.78 is 21.5. The fourth-order valence-electron chi connectivity index (χ4n) is 3.83. The van der Waals surface area contributed by atoms with E-state index in [1.165, 1.54) is 6.07 Å². The number of amides is 1. The molecule has 1 N–H and O–H groups in total. The van der Waals surface area contributed by atoms with Crippen molar-refractivity contribution in [2.45, 2.75) is 6.54 Å². The molecule has 0 radical (unpaired) electrons. The predicted molar refractivity (Wildman–Crippen MR) is 117 cm³/mol. The lowest BCUT2D eigenvalue weighted by Crippen LogP contribution is -2.08. The molecule has 5 heteroatoms. The van der Waals surface area contributed by atoms with Crippen LogP contribution in [-0.4, -0.2) is 17.1 Å². The van der Waals surface area contributed by atoms with Gasteiger partial charge in [0.25, 0.3) is 5.91 Å². The monoisotopic (exact) mass is 398 g/mol. The van der Waals surface area contributed by atoms with Crippen molar-refractivity contribution in [2.75, 3.05) is 11.9 Å². The molecule has 0 atom stereocenters. The first-order valence-corrected chi connectivity index (χ1v) is 9.78. The summed E-state index contributed by atoms with van der Waals surface area (Å²) in [6.45, 7) is 0.889. The summed E-state index contributed by atoms with van der Waals surface area (Å²) in [7, 11) is 0. The van der Waals surface area contributed by atoms with Crippen LogP contribution in [0.2, 0.25) is 0 Å². The number of nitrogens with zero attached hydrogens (tertiary/aromatic N) is 1.